The van der Waals surface area contributed by atoms with E-state index >= 15 is 0 Å². The van der Waals surface area contributed by atoms with Gasteiger partial charge in [0, 0.05) is 12.1 Å². The van der Waals surface area contributed by atoms with Crippen molar-refractivity contribution in [3.8, 4) is 0 Å². The molecule has 0 amide bonds. The van der Waals surface area contributed by atoms with Crippen LogP contribution in [0.3, 0.4) is 0 Å². The average molecular weight is 217 g/mol. The summed E-state index contributed by atoms with van der Waals surface area (Å²) in [6.45, 7) is 4.64. The van der Waals surface area contributed by atoms with Gasteiger partial charge in [0.05, 0.1) is 0 Å². The molecule has 1 heteroatoms. The highest BCUT2D eigenvalue weighted by Crippen LogP contribution is 2.32. The topological polar surface area (TPSA) is 12.0 Å². The van der Waals surface area contributed by atoms with Crippen LogP contribution in [-0.4, -0.2) is 12.1 Å². The molecule has 1 aromatic carbocycles. The van der Waals surface area contributed by atoms with Crippen LogP contribution in [0.25, 0.3) is 0 Å². The number of hydrogen-bond acceptors (Lipinski definition) is 1. The van der Waals surface area contributed by atoms with E-state index in [1.807, 2.05) is 0 Å². The fraction of sp³-hybridized carbons (Fsp3) is 0.600. The zero-order chi connectivity index (χ0) is 11.4. The quantitative estimate of drug-likeness (QED) is 0.770. The predicted molar refractivity (Wildman–Crippen MR) is 69.5 cm³/mol. The number of nitrogens with one attached hydrogen (secondary N) is 1. The molecule has 2 atom stereocenters. The second kappa shape index (κ2) is 5.49. The van der Waals surface area contributed by atoms with Crippen molar-refractivity contribution in [3.63, 3.8) is 0 Å². The molecular weight excluding hydrogens is 194 g/mol. The lowest BCUT2D eigenvalue weighted by Crippen LogP contribution is -2.36. The summed E-state index contributed by atoms with van der Waals surface area (Å²) in [4.78, 5) is 0. The van der Waals surface area contributed by atoms with Crippen LogP contribution in [0, 0.1) is 5.92 Å². The Bertz CT molecular complexity index is 302. The Morgan fingerprint density at radius 2 is 1.88 bits per heavy atom. The fourth-order valence-corrected chi connectivity index (χ4v) is 2.29. The van der Waals surface area contributed by atoms with Crippen molar-refractivity contribution < 1.29 is 0 Å². The molecule has 1 N–H and O–H groups in total. The molecule has 1 nitrogen and oxygen atoms in total. The van der Waals surface area contributed by atoms with Crippen molar-refractivity contribution in [3.05, 3.63) is 35.9 Å². The van der Waals surface area contributed by atoms with E-state index in [2.05, 4.69) is 49.5 Å². The summed E-state index contributed by atoms with van der Waals surface area (Å²) in [7, 11) is 0. The zero-order valence-corrected chi connectivity index (χ0v) is 10.4. The highest BCUT2D eigenvalue weighted by Gasteiger charge is 2.28. The minimum Gasteiger partial charge on any atom is -0.311 e. The third-order valence-electron chi connectivity index (χ3n) is 3.59. The first kappa shape index (κ1) is 11.7. The van der Waals surface area contributed by atoms with E-state index in [0.29, 0.717) is 12.1 Å². The van der Waals surface area contributed by atoms with Crippen molar-refractivity contribution in [2.24, 2.45) is 5.92 Å². The highest BCUT2D eigenvalue weighted by molar-refractivity contribution is 5.14. The summed E-state index contributed by atoms with van der Waals surface area (Å²) in [5.74, 6) is 0.958. The first-order chi connectivity index (χ1) is 7.75. The monoisotopic (exact) mass is 217 g/mol. The van der Waals surface area contributed by atoms with Gasteiger partial charge in [-0.25, -0.2) is 0 Å². The van der Waals surface area contributed by atoms with Gasteiger partial charge in [-0.2, -0.15) is 0 Å². The van der Waals surface area contributed by atoms with Crippen molar-refractivity contribution in [1.29, 1.82) is 0 Å². The maximum absolute atomic E-state index is 3.71. The summed E-state index contributed by atoms with van der Waals surface area (Å²) < 4.78 is 0. The second-order valence-corrected chi connectivity index (χ2v) is 5.22. The Morgan fingerprint density at radius 3 is 2.50 bits per heavy atom. The van der Waals surface area contributed by atoms with E-state index in [-0.39, 0.29) is 0 Å². The van der Waals surface area contributed by atoms with Gasteiger partial charge in [0.25, 0.3) is 0 Å². The van der Waals surface area contributed by atoms with E-state index in [1.165, 1.54) is 31.2 Å². The molecule has 0 aliphatic heterocycles. The third-order valence-corrected chi connectivity index (χ3v) is 3.59. The molecule has 0 saturated heterocycles. The largest absolute Gasteiger partial charge is 0.311 e. The fourth-order valence-electron chi connectivity index (χ4n) is 2.29. The Kier molecular flexibility index (Phi) is 4.00. The van der Waals surface area contributed by atoms with Crippen LogP contribution < -0.4 is 5.32 Å². The molecule has 1 fully saturated rings. The number of benzene rings is 1. The van der Waals surface area contributed by atoms with E-state index in [4.69, 9.17) is 0 Å². The van der Waals surface area contributed by atoms with Gasteiger partial charge >= 0.3 is 0 Å². The van der Waals surface area contributed by atoms with Crippen molar-refractivity contribution in [2.45, 2.75) is 51.6 Å². The predicted octanol–water partition coefficient (Wildman–Crippen LogP) is 3.40. The molecule has 0 aromatic heterocycles. The van der Waals surface area contributed by atoms with E-state index in [9.17, 15) is 0 Å². The highest BCUT2D eigenvalue weighted by atomic mass is 14.9. The first-order valence-electron chi connectivity index (χ1n) is 6.55. The van der Waals surface area contributed by atoms with Crippen LogP contribution in [0.1, 0.15) is 38.7 Å². The molecule has 0 bridgehead atoms. The smallest absolute Gasteiger partial charge is 0.00694 e. The SMILES string of the molecule is CC(CCc1ccccc1)NC(C)C1CC1. The Labute approximate surface area is 99.3 Å². The molecule has 0 spiro atoms. The molecular formula is C15H23N. The van der Waals surface area contributed by atoms with Crippen molar-refractivity contribution >= 4 is 0 Å². The molecule has 88 valence electrons. The summed E-state index contributed by atoms with van der Waals surface area (Å²) in [5.41, 5.74) is 1.45. The Balaban J connectivity index is 1.69. The average Bonchev–Trinajstić information content (AvgIpc) is 3.11. The minimum absolute atomic E-state index is 0.635. The van der Waals surface area contributed by atoms with Crippen molar-refractivity contribution in [2.75, 3.05) is 0 Å². The van der Waals surface area contributed by atoms with Crippen LogP contribution in [0.4, 0.5) is 0 Å². The number of aryl methyl sites for hydroxylation is 1. The minimum atomic E-state index is 0.635. The molecule has 1 saturated carbocycles. The molecule has 1 aliphatic carbocycles. The molecule has 0 heterocycles. The lowest BCUT2D eigenvalue weighted by atomic mass is 10.1. The number of rotatable bonds is 6. The molecule has 2 unspecified atom stereocenters. The lowest BCUT2D eigenvalue weighted by Gasteiger charge is -2.19. The molecule has 1 aromatic rings. The van der Waals surface area contributed by atoms with Gasteiger partial charge in [0.15, 0.2) is 0 Å². The first-order valence-corrected chi connectivity index (χ1v) is 6.55. The van der Waals surface area contributed by atoms with Crippen LogP contribution in [0.15, 0.2) is 30.3 Å². The van der Waals surface area contributed by atoms with Gasteiger partial charge in [-0.3, -0.25) is 0 Å². The van der Waals surface area contributed by atoms with Crippen LogP contribution in [-0.2, 0) is 6.42 Å². The molecule has 1 aliphatic rings. The maximum atomic E-state index is 3.71. The van der Waals surface area contributed by atoms with Crippen molar-refractivity contribution in [1.82, 2.24) is 5.32 Å². The van der Waals surface area contributed by atoms with Crippen LogP contribution in [0.2, 0.25) is 0 Å². The van der Waals surface area contributed by atoms with E-state index in [0.717, 1.165) is 5.92 Å². The normalized spacial score (nSPS) is 19.4. The summed E-state index contributed by atoms with van der Waals surface area (Å²) in [6, 6.07) is 12.1. The Hall–Kier alpha value is -0.820. The van der Waals surface area contributed by atoms with Gasteiger partial charge in [-0.1, -0.05) is 30.3 Å². The summed E-state index contributed by atoms with van der Waals surface area (Å²) in [6.07, 6.45) is 5.28. The standard InChI is InChI=1S/C15H23N/c1-12(16-13(2)15-10-11-15)8-9-14-6-4-3-5-7-14/h3-7,12-13,15-16H,8-11H2,1-2H3. The maximum Gasteiger partial charge on any atom is 0.00694 e. The van der Waals surface area contributed by atoms with E-state index < -0.39 is 0 Å². The van der Waals surface area contributed by atoms with Crippen LogP contribution >= 0.6 is 0 Å². The zero-order valence-electron chi connectivity index (χ0n) is 10.4. The summed E-state index contributed by atoms with van der Waals surface area (Å²) in [5, 5.41) is 3.71. The summed E-state index contributed by atoms with van der Waals surface area (Å²) >= 11 is 0. The second-order valence-electron chi connectivity index (χ2n) is 5.22. The number of hydrogen-bond donors (Lipinski definition) is 1. The van der Waals surface area contributed by atoms with Gasteiger partial charge in [-0.05, 0) is 51.0 Å². The van der Waals surface area contributed by atoms with Gasteiger partial charge < -0.3 is 5.32 Å². The Morgan fingerprint density at radius 1 is 1.19 bits per heavy atom. The third kappa shape index (κ3) is 3.64. The van der Waals surface area contributed by atoms with Gasteiger partial charge in [0.1, 0.15) is 0 Å². The lowest BCUT2D eigenvalue weighted by molar-refractivity contribution is 0.416. The van der Waals surface area contributed by atoms with Gasteiger partial charge in [0.2, 0.25) is 0 Å². The van der Waals surface area contributed by atoms with E-state index in [1.54, 1.807) is 0 Å². The van der Waals surface area contributed by atoms with Crippen LogP contribution in [0.5, 0.6) is 0 Å². The molecule has 16 heavy (non-hydrogen) atoms. The molecule has 0 radical (unpaired) electrons. The molecule has 2 rings (SSSR count). The van der Waals surface area contributed by atoms with Gasteiger partial charge in [-0.15, -0.1) is 0 Å².